The predicted molar refractivity (Wildman–Crippen MR) is 115 cm³/mol. The molecule has 0 fully saturated rings. The number of ketones is 1. The van der Waals surface area contributed by atoms with Crippen molar-refractivity contribution in [3.05, 3.63) is 85.3 Å². The minimum atomic E-state index is -0.424. The van der Waals surface area contributed by atoms with Crippen LogP contribution in [0.15, 0.2) is 48.5 Å². The first-order valence-corrected chi connectivity index (χ1v) is 9.94. The number of halogens is 4. The number of imidazole rings is 1. The minimum absolute atomic E-state index is 0.0143. The molecule has 0 N–H and O–H groups in total. The average molecular weight is 462 g/mol. The maximum Gasteiger partial charge on any atom is 0.266 e. The highest BCUT2D eigenvalue weighted by atomic mass is 35.5. The maximum absolute atomic E-state index is 13.1. The monoisotopic (exact) mass is 460 g/mol. The van der Waals surface area contributed by atoms with Crippen LogP contribution in [0.3, 0.4) is 0 Å². The number of aromatic nitrogens is 2. The summed E-state index contributed by atoms with van der Waals surface area (Å²) >= 11 is 24.9. The quantitative estimate of drug-likeness (QED) is 0.170. The van der Waals surface area contributed by atoms with Gasteiger partial charge in [0.15, 0.2) is 11.6 Å². The normalized spacial score (nSPS) is 12.3. The van der Waals surface area contributed by atoms with Crippen LogP contribution in [-0.2, 0) is 0 Å². The molecule has 1 aliphatic rings. The molecule has 1 aliphatic heterocycles. The van der Waals surface area contributed by atoms with Gasteiger partial charge in [-0.25, -0.2) is 4.98 Å². The summed E-state index contributed by atoms with van der Waals surface area (Å²) in [6.07, 6.45) is 0. The zero-order valence-corrected chi connectivity index (χ0v) is 17.4. The van der Waals surface area contributed by atoms with Crippen molar-refractivity contribution in [1.29, 1.82) is 0 Å². The van der Waals surface area contributed by atoms with E-state index in [0.29, 0.717) is 33.5 Å². The van der Waals surface area contributed by atoms with Gasteiger partial charge >= 0.3 is 0 Å². The van der Waals surface area contributed by atoms with Crippen LogP contribution in [0.4, 0.5) is 0 Å². The van der Waals surface area contributed by atoms with E-state index in [2.05, 4.69) is 4.98 Å². The lowest BCUT2D eigenvalue weighted by atomic mass is 10.0. The number of hydrogen-bond acceptors (Lipinski definition) is 3. The number of benzene rings is 3. The standard InChI is InChI=1S/C21H8Cl4N2O2/c22-15-13-14(16(23)18(25)17(15)24)21(29)27-12-8-10(6-7-11(12)26-20(13)27)19(28)9-4-2-1-3-5-9/h1-8H. The minimum Gasteiger partial charge on any atom is -0.289 e. The Kier molecular flexibility index (Phi) is 4.23. The van der Waals surface area contributed by atoms with Crippen molar-refractivity contribution in [2.75, 3.05) is 0 Å². The highest BCUT2D eigenvalue weighted by molar-refractivity contribution is 6.54. The second-order valence-corrected chi connectivity index (χ2v) is 7.99. The SMILES string of the molecule is O=C(c1ccccc1)c1ccc2nc3n(c2c1)C(=O)c1c(Cl)c(Cl)c(Cl)c(Cl)c1-3. The number of nitrogens with zero attached hydrogens (tertiary/aromatic N) is 2. The topological polar surface area (TPSA) is 52.0 Å². The third-order valence-electron chi connectivity index (χ3n) is 4.86. The van der Waals surface area contributed by atoms with Crippen LogP contribution in [0.5, 0.6) is 0 Å². The molecule has 0 spiro atoms. The summed E-state index contributed by atoms with van der Waals surface area (Å²) in [4.78, 5) is 30.5. The smallest absolute Gasteiger partial charge is 0.266 e. The van der Waals surface area contributed by atoms with Gasteiger partial charge in [-0.2, -0.15) is 0 Å². The van der Waals surface area contributed by atoms with E-state index in [-0.39, 0.29) is 31.4 Å². The van der Waals surface area contributed by atoms with Gasteiger partial charge in [0.25, 0.3) is 5.91 Å². The van der Waals surface area contributed by atoms with E-state index in [1.54, 1.807) is 42.5 Å². The van der Waals surface area contributed by atoms with Crippen molar-refractivity contribution in [1.82, 2.24) is 9.55 Å². The highest BCUT2D eigenvalue weighted by Gasteiger charge is 2.37. The number of hydrogen-bond donors (Lipinski definition) is 0. The molecule has 0 amide bonds. The molecule has 4 aromatic rings. The Balaban J connectivity index is 1.75. The second kappa shape index (κ2) is 6.57. The Morgan fingerprint density at radius 2 is 1.45 bits per heavy atom. The van der Waals surface area contributed by atoms with Gasteiger partial charge in [-0.3, -0.25) is 14.2 Å². The fourth-order valence-corrected chi connectivity index (χ4v) is 4.52. The fraction of sp³-hybridized carbons (Fsp3) is 0. The molecule has 4 nitrogen and oxygen atoms in total. The van der Waals surface area contributed by atoms with Gasteiger partial charge in [0.2, 0.25) is 0 Å². The van der Waals surface area contributed by atoms with Crippen LogP contribution in [0.1, 0.15) is 26.3 Å². The number of fused-ring (bicyclic) bond motifs is 5. The number of rotatable bonds is 2. The Morgan fingerprint density at radius 3 is 2.14 bits per heavy atom. The number of carbonyl (C=O) groups excluding carboxylic acids is 2. The molecule has 3 aromatic carbocycles. The second-order valence-electron chi connectivity index (χ2n) is 6.48. The van der Waals surface area contributed by atoms with Crippen molar-refractivity contribution < 1.29 is 9.59 Å². The molecule has 0 aliphatic carbocycles. The van der Waals surface area contributed by atoms with Crippen LogP contribution in [-0.4, -0.2) is 21.2 Å². The first-order chi connectivity index (χ1) is 13.9. The lowest BCUT2D eigenvalue weighted by Gasteiger charge is -2.08. The van der Waals surface area contributed by atoms with E-state index < -0.39 is 5.91 Å². The van der Waals surface area contributed by atoms with Crippen LogP contribution < -0.4 is 0 Å². The van der Waals surface area contributed by atoms with Gasteiger partial charge in [-0.05, 0) is 18.2 Å². The summed E-state index contributed by atoms with van der Waals surface area (Å²) in [5.74, 6) is -0.268. The molecule has 0 atom stereocenters. The first kappa shape index (κ1) is 18.6. The van der Waals surface area contributed by atoms with Crippen molar-refractivity contribution in [2.24, 2.45) is 0 Å². The van der Waals surface area contributed by atoms with E-state index >= 15 is 0 Å². The largest absolute Gasteiger partial charge is 0.289 e. The highest BCUT2D eigenvalue weighted by Crippen LogP contribution is 2.49. The number of carbonyl (C=O) groups is 2. The molecule has 0 bridgehead atoms. The molecule has 8 heteroatoms. The van der Waals surface area contributed by atoms with E-state index in [0.717, 1.165) is 0 Å². The van der Waals surface area contributed by atoms with Crippen molar-refractivity contribution in [3.63, 3.8) is 0 Å². The molecular weight excluding hydrogens is 454 g/mol. The zero-order valence-electron chi connectivity index (χ0n) is 14.3. The lowest BCUT2D eigenvalue weighted by Crippen LogP contribution is -2.08. The van der Waals surface area contributed by atoms with E-state index in [4.69, 9.17) is 46.4 Å². The molecule has 2 heterocycles. The summed E-state index contributed by atoms with van der Waals surface area (Å²) in [5.41, 5.74) is 2.48. The van der Waals surface area contributed by atoms with Crippen molar-refractivity contribution in [3.8, 4) is 11.4 Å². The molecule has 0 unspecified atom stereocenters. The molecule has 29 heavy (non-hydrogen) atoms. The summed E-state index contributed by atoms with van der Waals surface area (Å²) in [6, 6.07) is 13.9. The molecule has 142 valence electrons. The Labute approximate surface area is 184 Å². The third kappa shape index (κ3) is 2.57. The van der Waals surface area contributed by atoms with Crippen molar-refractivity contribution in [2.45, 2.75) is 0 Å². The van der Waals surface area contributed by atoms with Crippen LogP contribution in [0, 0.1) is 0 Å². The van der Waals surface area contributed by atoms with E-state index in [1.807, 2.05) is 6.07 Å². The van der Waals surface area contributed by atoms with Gasteiger partial charge in [0.05, 0.1) is 42.3 Å². The molecule has 1 aromatic heterocycles. The van der Waals surface area contributed by atoms with Crippen LogP contribution >= 0.6 is 46.4 Å². The molecule has 0 saturated heterocycles. The maximum atomic E-state index is 13.1. The van der Waals surface area contributed by atoms with Gasteiger partial charge in [-0.1, -0.05) is 76.7 Å². The van der Waals surface area contributed by atoms with Crippen LogP contribution in [0.25, 0.3) is 22.4 Å². The average Bonchev–Trinajstić information content (AvgIpc) is 3.25. The molecule has 0 saturated carbocycles. The first-order valence-electron chi connectivity index (χ1n) is 8.43. The Morgan fingerprint density at radius 1 is 0.793 bits per heavy atom. The summed E-state index contributed by atoms with van der Waals surface area (Å²) in [6.45, 7) is 0. The molecule has 5 rings (SSSR count). The predicted octanol–water partition coefficient (Wildman–Crippen LogP) is 6.55. The van der Waals surface area contributed by atoms with Gasteiger partial charge < -0.3 is 0 Å². The van der Waals surface area contributed by atoms with Crippen LogP contribution in [0.2, 0.25) is 20.1 Å². The van der Waals surface area contributed by atoms with E-state index in [9.17, 15) is 9.59 Å². The van der Waals surface area contributed by atoms with Gasteiger partial charge in [-0.15, -0.1) is 0 Å². The van der Waals surface area contributed by atoms with Gasteiger partial charge in [0.1, 0.15) is 0 Å². The third-order valence-corrected chi connectivity index (χ3v) is 6.66. The van der Waals surface area contributed by atoms with Crippen molar-refractivity contribution >= 4 is 69.1 Å². The Hall–Kier alpha value is -2.37. The lowest BCUT2D eigenvalue weighted by molar-refractivity contribution is 0.0972. The summed E-state index contributed by atoms with van der Waals surface area (Å²) < 4.78 is 1.38. The zero-order chi connectivity index (χ0) is 20.4. The fourth-order valence-electron chi connectivity index (χ4n) is 3.50. The summed E-state index contributed by atoms with van der Waals surface area (Å²) in [7, 11) is 0. The summed E-state index contributed by atoms with van der Waals surface area (Å²) in [5, 5.41) is 0.209. The molecular formula is C21H8Cl4N2O2. The molecule has 0 radical (unpaired) electrons. The Bertz CT molecular complexity index is 1380. The van der Waals surface area contributed by atoms with E-state index in [1.165, 1.54) is 4.57 Å². The van der Waals surface area contributed by atoms with Gasteiger partial charge in [0, 0.05) is 11.1 Å².